The monoisotopic (exact) mass is 226 g/mol. The van der Waals surface area contributed by atoms with Gasteiger partial charge in [-0.1, -0.05) is 25.1 Å². The minimum Gasteiger partial charge on any atom is -0.342 e. The van der Waals surface area contributed by atoms with Crippen molar-refractivity contribution in [1.82, 2.24) is 9.97 Å². The lowest BCUT2D eigenvalue weighted by Gasteiger charge is -2.04. The van der Waals surface area contributed by atoms with Crippen LogP contribution in [0.15, 0.2) is 24.3 Å². The maximum absolute atomic E-state index is 4.80. The Morgan fingerprint density at radius 2 is 2.29 bits per heavy atom. The summed E-state index contributed by atoms with van der Waals surface area (Å²) in [5.41, 5.74) is 4.99. The molecule has 2 heteroatoms. The van der Waals surface area contributed by atoms with Gasteiger partial charge in [-0.05, 0) is 37.8 Å². The minimum atomic E-state index is 0.686. The molecule has 0 spiro atoms. The first-order valence-corrected chi connectivity index (χ1v) is 6.47. The average molecular weight is 226 g/mol. The van der Waals surface area contributed by atoms with Crippen molar-refractivity contribution in [2.24, 2.45) is 0 Å². The normalized spacial score (nSPS) is 16.7. The lowest BCUT2D eigenvalue weighted by Crippen LogP contribution is -1.85. The van der Waals surface area contributed by atoms with Crippen LogP contribution >= 0.6 is 0 Å². The van der Waals surface area contributed by atoms with E-state index in [-0.39, 0.29) is 0 Å². The van der Waals surface area contributed by atoms with Gasteiger partial charge < -0.3 is 4.98 Å². The lowest BCUT2D eigenvalue weighted by atomic mass is 10.0. The van der Waals surface area contributed by atoms with Gasteiger partial charge in [0.25, 0.3) is 0 Å². The standard InChI is InChI=1S/C15H18N2/c1-3-10(4-2)12-6-5-7-13-14(12)17-15(16-13)11-8-9-11/h3,5-7,11H,4,8-9H2,1-2H3,(H,16,17). The predicted octanol–water partition coefficient (Wildman–Crippen LogP) is 4.25. The first kappa shape index (κ1) is 10.6. The molecule has 0 atom stereocenters. The second-order valence-corrected chi connectivity index (χ2v) is 4.77. The van der Waals surface area contributed by atoms with Crippen LogP contribution in [0, 0.1) is 0 Å². The highest BCUT2D eigenvalue weighted by Gasteiger charge is 2.27. The van der Waals surface area contributed by atoms with Gasteiger partial charge >= 0.3 is 0 Å². The first-order chi connectivity index (χ1) is 8.33. The van der Waals surface area contributed by atoms with Gasteiger partial charge in [-0.2, -0.15) is 0 Å². The Balaban J connectivity index is 2.17. The van der Waals surface area contributed by atoms with Gasteiger partial charge in [0, 0.05) is 11.5 Å². The van der Waals surface area contributed by atoms with E-state index in [1.54, 1.807) is 0 Å². The summed E-state index contributed by atoms with van der Waals surface area (Å²) < 4.78 is 0. The molecule has 1 aromatic carbocycles. The Bertz CT molecular complexity index is 574. The molecular weight excluding hydrogens is 208 g/mol. The number of para-hydroxylation sites is 1. The molecule has 0 amide bonds. The fourth-order valence-electron chi connectivity index (χ4n) is 2.41. The fraction of sp³-hybridized carbons (Fsp3) is 0.400. The van der Waals surface area contributed by atoms with Crippen LogP contribution in [0.4, 0.5) is 0 Å². The molecule has 1 N–H and O–H groups in total. The number of imidazole rings is 1. The van der Waals surface area contributed by atoms with Crippen LogP contribution in [0.3, 0.4) is 0 Å². The number of H-pyrrole nitrogens is 1. The molecule has 1 heterocycles. The van der Waals surface area contributed by atoms with Crippen LogP contribution in [-0.4, -0.2) is 9.97 Å². The van der Waals surface area contributed by atoms with Crippen LogP contribution in [0.2, 0.25) is 0 Å². The maximum atomic E-state index is 4.80. The molecule has 1 saturated carbocycles. The van der Waals surface area contributed by atoms with Crippen molar-refractivity contribution in [1.29, 1.82) is 0 Å². The summed E-state index contributed by atoms with van der Waals surface area (Å²) >= 11 is 0. The molecule has 1 aliphatic carbocycles. The summed E-state index contributed by atoms with van der Waals surface area (Å²) in [5.74, 6) is 1.87. The molecule has 2 nitrogen and oxygen atoms in total. The van der Waals surface area contributed by atoms with Gasteiger partial charge in [-0.15, -0.1) is 0 Å². The molecule has 1 fully saturated rings. The van der Waals surface area contributed by atoms with E-state index >= 15 is 0 Å². The zero-order valence-corrected chi connectivity index (χ0v) is 10.5. The van der Waals surface area contributed by atoms with Crippen molar-refractivity contribution in [3.05, 3.63) is 35.7 Å². The zero-order valence-electron chi connectivity index (χ0n) is 10.5. The lowest BCUT2D eigenvalue weighted by molar-refractivity contribution is 0.986. The molecule has 3 rings (SSSR count). The SMILES string of the molecule is CC=C(CC)c1cccc2[nH]c(C3CC3)nc12. The summed E-state index contributed by atoms with van der Waals surface area (Å²) in [4.78, 5) is 8.26. The van der Waals surface area contributed by atoms with Crippen LogP contribution in [-0.2, 0) is 0 Å². The van der Waals surface area contributed by atoms with Crippen molar-refractivity contribution in [3.63, 3.8) is 0 Å². The number of aromatic amines is 1. The predicted molar refractivity (Wildman–Crippen MR) is 72.0 cm³/mol. The molecular formula is C15H18N2. The van der Waals surface area contributed by atoms with Crippen LogP contribution in [0.1, 0.15) is 50.4 Å². The van der Waals surface area contributed by atoms with E-state index in [4.69, 9.17) is 4.98 Å². The number of aromatic nitrogens is 2. The summed E-state index contributed by atoms with van der Waals surface area (Å²) in [6.07, 6.45) is 5.83. The van der Waals surface area contributed by atoms with Gasteiger partial charge in [0.1, 0.15) is 5.82 Å². The average Bonchev–Trinajstić information content (AvgIpc) is 3.11. The number of hydrogen-bond donors (Lipinski definition) is 1. The molecule has 0 saturated heterocycles. The van der Waals surface area contributed by atoms with E-state index in [1.165, 1.54) is 35.3 Å². The van der Waals surface area contributed by atoms with Gasteiger partial charge in [-0.3, -0.25) is 0 Å². The number of rotatable bonds is 3. The Kier molecular flexibility index (Phi) is 2.50. The molecule has 1 aromatic heterocycles. The largest absolute Gasteiger partial charge is 0.342 e. The highest BCUT2D eigenvalue weighted by molar-refractivity contribution is 5.89. The van der Waals surface area contributed by atoms with Gasteiger partial charge in [0.15, 0.2) is 0 Å². The summed E-state index contributed by atoms with van der Waals surface area (Å²) in [6.45, 7) is 4.30. The van der Waals surface area contributed by atoms with Crippen molar-refractivity contribution >= 4 is 16.6 Å². The Morgan fingerprint density at radius 1 is 1.47 bits per heavy atom. The quantitative estimate of drug-likeness (QED) is 0.832. The van der Waals surface area contributed by atoms with Gasteiger partial charge in [0.2, 0.25) is 0 Å². The molecule has 0 bridgehead atoms. The third-order valence-electron chi connectivity index (χ3n) is 3.57. The third-order valence-corrected chi connectivity index (χ3v) is 3.57. The number of nitrogens with zero attached hydrogens (tertiary/aromatic N) is 1. The summed E-state index contributed by atoms with van der Waals surface area (Å²) in [6, 6.07) is 6.42. The Hall–Kier alpha value is -1.57. The van der Waals surface area contributed by atoms with Crippen molar-refractivity contribution < 1.29 is 0 Å². The van der Waals surface area contributed by atoms with Crippen molar-refractivity contribution in [2.45, 2.75) is 39.0 Å². The van der Waals surface area contributed by atoms with E-state index < -0.39 is 0 Å². The second-order valence-electron chi connectivity index (χ2n) is 4.77. The van der Waals surface area contributed by atoms with Crippen LogP contribution in [0.5, 0.6) is 0 Å². The Morgan fingerprint density at radius 3 is 2.94 bits per heavy atom. The third kappa shape index (κ3) is 1.78. The highest BCUT2D eigenvalue weighted by atomic mass is 14.9. The van der Waals surface area contributed by atoms with E-state index in [1.807, 2.05) is 0 Å². The molecule has 88 valence electrons. The number of allylic oxidation sites excluding steroid dienone is 2. The van der Waals surface area contributed by atoms with Crippen LogP contribution < -0.4 is 0 Å². The molecule has 1 aliphatic rings. The van der Waals surface area contributed by atoms with Crippen molar-refractivity contribution in [2.75, 3.05) is 0 Å². The second kappa shape index (κ2) is 4.02. The topological polar surface area (TPSA) is 28.7 Å². The number of nitrogens with one attached hydrogen (secondary N) is 1. The van der Waals surface area contributed by atoms with E-state index in [0.29, 0.717) is 5.92 Å². The number of fused-ring (bicyclic) bond motifs is 1. The summed E-state index contributed by atoms with van der Waals surface area (Å²) in [7, 11) is 0. The van der Waals surface area contributed by atoms with E-state index in [0.717, 1.165) is 11.9 Å². The Labute approximate surface area is 102 Å². The number of benzene rings is 1. The van der Waals surface area contributed by atoms with E-state index in [9.17, 15) is 0 Å². The van der Waals surface area contributed by atoms with Gasteiger partial charge in [0.05, 0.1) is 11.0 Å². The molecule has 0 aliphatic heterocycles. The molecule has 0 radical (unpaired) electrons. The van der Waals surface area contributed by atoms with Crippen LogP contribution in [0.25, 0.3) is 16.6 Å². The zero-order chi connectivity index (χ0) is 11.8. The van der Waals surface area contributed by atoms with E-state index in [2.05, 4.69) is 43.1 Å². The minimum absolute atomic E-state index is 0.686. The van der Waals surface area contributed by atoms with Gasteiger partial charge in [-0.25, -0.2) is 4.98 Å². The van der Waals surface area contributed by atoms with Crippen molar-refractivity contribution in [3.8, 4) is 0 Å². The smallest absolute Gasteiger partial charge is 0.110 e. The molecule has 2 aromatic rings. The molecule has 17 heavy (non-hydrogen) atoms. The summed E-state index contributed by atoms with van der Waals surface area (Å²) in [5, 5.41) is 0. The number of hydrogen-bond acceptors (Lipinski definition) is 1. The first-order valence-electron chi connectivity index (χ1n) is 6.47. The molecule has 0 unspecified atom stereocenters. The fourth-order valence-corrected chi connectivity index (χ4v) is 2.41. The maximum Gasteiger partial charge on any atom is 0.110 e. The highest BCUT2D eigenvalue weighted by Crippen LogP contribution is 2.39.